The lowest BCUT2D eigenvalue weighted by atomic mass is 10.3. The van der Waals surface area contributed by atoms with Gasteiger partial charge in [0.15, 0.2) is 0 Å². The first kappa shape index (κ1) is 11.5. The zero-order chi connectivity index (χ0) is 11.3. The number of anilines is 1. The van der Waals surface area contributed by atoms with Gasteiger partial charge in [-0.1, -0.05) is 0 Å². The fourth-order valence-electron chi connectivity index (χ4n) is 1.16. The summed E-state index contributed by atoms with van der Waals surface area (Å²) >= 11 is 0. The van der Waals surface area contributed by atoms with E-state index in [1.807, 2.05) is 13.0 Å². The average molecular weight is 209 g/mol. The van der Waals surface area contributed by atoms with Gasteiger partial charge in [0.05, 0.1) is 13.7 Å². The number of pyridine rings is 1. The Labute approximate surface area is 88.9 Å². The molecule has 0 fully saturated rings. The molecule has 82 valence electrons. The number of aromatic nitrogens is 1. The van der Waals surface area contributed by atoms with Crippen LogP contribution >= 0.6 is 0 Å². The van der Waals surface area contributed by atoms with Crippen molar-refractivity contribution in [2.45, 2.75) is 6.92 Å². The Kier molecular flexibility index (Phi) is 4.05. The number of nitrogens with zero attached hydrogens (tertiary/aromatic N) is 1. The maximum absolute atomic E-state index is 11.3. The largest absolute Gasteiger partial charge is 0.480 e. The van der Waals surface area contributed by atoms with Crippen LogP contribution in [0.25, 0.3) is 0 Å². The van der Waals surface area contributed by atoms with Crippen LogP contribution in [0.5, 0.6) is 5.88 Å². The summed E-state index contributed by atoms with van der Waals surface area (Å²) in [6.45, 7) is 2.16. The summed E-state index contributed by atoms with van der Waals surface area (Å²) < 4.78 is 5.03. The number of ether oxygens (including phenoxy) is 1. The Balaban J connectivity index is 2.82. The second kappa shape index (κ2) is 5.31. The van der Waals surface area contributed by atoms with Gasteiger partial charge >= 0.3 is 0 Å². The summed E-state index contributed by atoms with van der Waals surface area (Å²) in [5, 5.41) is 5.48. The van der Waals surface area contributed by atoms with E-state index in [2.05, 4.69) is 15.6 Å². The van der Waals surface area contributed by atoms with Crippen molar-refractivity contribution in [3.8, 4) is 5.88 Å². The first-order valence-corrected chi connectivity index (χ1v) is 4.62. The summed E-state index contributed by atoms with van der Waals surface area (Å²) in [6.07, 6.45) is 1.69. The van der Waals surface area contributed by atoms with E-state index in [4.69, 9.17) is 4.74 Å². The summed E-state index contributed by atoms with van der Waals surface area (Å²) in [6, 6.07) is 1.82. The van der Waals surface area contributed by atoms with Gasteiger partial charge in [-0.05, 0) is 25.6 Å². The third kappa shape index (κ3) is 3.21. The van der Waals surface area contributed by atoms with E-state index in [9.17, 15) is 4.79 Å². The number of hydrogen-bond acceptors (Lipinski definition) is 4. The van der Waals surface area contributed by atoms with E-state index < -0.39 is 0 Å². The van der Waals surface area contributed by atoms with Crippen molar-refractivity contribution in [1.29, 1.82) is 0 Å². The Hall–Kier alpha value is -1.62. The molecule has 5 nitrogen and oxygen atoms in total. The van der Waals surface area contributed by atoms with Crippen LogP contribution in [0.2, 0.25) is 0 Å². The highest BCUT2D eigenvalue weighted by Gasteiger charge is 2.07. The summed E-state index contributed by atoms with van der Waals surface area (Å²) in [7, 11) is 3.23. The van der Waals surface area contributed by atoms with Crippen LogP contribution < -0.4 is 15.4 Å². The minimum Gasteiger partial charge on any atom is -0.480 e. The summed E-state index contributed by atoms with van der Waals surface area (Å²) in [4.78, 5) is 15.4. The second-order valence-corrected chi connectivity index (χ2v) is 3.15. The molecule has 2 N–H and O–H groups in total. The fraction of sp³-hybridized carbons (Fsp3) is 0.400. The van der Waals surface area contributed by atoms with Gasteiger partial charge in [-0.25, -0.2) is 4.98 Å². The molecule has 1 amide bonds. The van der Waals surface area contributed by atoms with Crippen molar-refractivity contribution in [1.82, 2.24) is 10.3 Å². The molecule has 5 heteroatoms. The zero-order valence-electron chi connectivity index (χ0n) is 9.13. The molecule has 0 spiro atoms. The Bertz CT molecular complexity index is 353. The number of hydrogen-bond donors (Lipinski definition) is 2. The van der Waals surface area contributed by atoms with Crippen LogP contribution in [-0.2, 0) is 4.79 Å². The van der Waals surface area contributed by atoms with Crippen LogP contribution in [-0.4, -0.2) is 31.6 Å². The molecule has 0 unspecified atom stereocenters. The summed E-state index contributed by atoms with van der Waals surface area (Å²) in [5.74, 6) is 0.299. The maximum Gasteiger partial charge on any atom is 0.238 e. The molecular weight excluding hydrogens is 194 g/mol. The number of carbonyl (C=O) groups is 1. The van der Waals surface area contributed by atoms with Gasteiger partial charge in [-0.3, -0.25) is 4.79 Å². The quantitative estimate of drug-likeness (QED) is 0.760. The molecule has 0 aliphatic heterocycles. The number of carbonyl (C=O) groups excluding carboxylic acids is 1. The van der Waals surface area contributed by atoms with Crippen LogP contribution in [0.1, 0.15) is 5.56 Å². The van der Waals surface area contributed by atoms with Gasteiger partial charge in [0.1, 0.15) is 5.69 Å². The zero-order valence-corrected chi connectivity index (χ0v) is 9.13. The number of rotatable bonds is 4. The van der Waals surface area contributed by atoms with Gasteiger partial charge in [-0.2, -0.15) is 0 Å². The van der Waals surface area contributed by atoms with Gasteiger partial charge < -0.3 is 15.4 Å². The molecule has 0 atom stereocenters. The van der Waals surface area contributed by atoms with Crippen molar-refractivity contribution >= 4 is 11.6 Å². The van der Waals surface area contributed by atoms with Crippen molar-refractivity contribution in [2.75, 3.05) is 26.0 Å². The third-order valence-electron chi connectivity index (χ3n) is 1.79. The van der Waals surface area contributed by atoms with Crippen molar-refractivity contribution < 1.29 is 9.53 Å². The topological polar surface area (TPSA) is 63.2 Å². The van der Waals surface area contributed by atoms with Crippen LogP contribution in [0.4, 0.5) is 5.69 Å². The van der Waals surface area contributed by atoms with Crippen molar-refractivity contribution in [3.63, 3.8) is 0 Å². The number of aryl methyl sites for hydroxylation is 1. The monoisotopic (exact) mass is 209 g/mol. The Morgan fingerprint density at radius 2 is 2.33 bits per heavy atom. The van der Waals surface area contributed by atoms with E-state index >= 15 is 0 Å². The predicted molar refractivity (Wildman–Crippen MR) is 58.1 cm³/mol. The molecule has 0 aliphatic carbocycles. The van der Waals surface area contributed by atoms with Gasteiger partial charge in [0, 0.05) is 6.20 Å². The number of amides is 1. The molecule has 1 aromatic heterocycles. The lowest BCUT2D eigenvalue weighted by molar-refractivity contribution is -0.115. The predicted octanol–water partition coefficient (Wildman–Crippen LogP) is 0.557. The molecule has 0 bridgehead atoms. The smallest absolute Gasteiger partial charge is 0.238 e. The molecule has 15 heavy (non-hydrogen) atoms. The van der Waals surface area contributed by atoms with Crippen LogP contribution in [0.3, 0.4) is 0 Å². The highest BCUT2D eigenvalue weighted by Crippen LogP contribution is 2.21. The average Bonchev–Trinajstić information content (AvgIpc) is 2.18. The highest BCUT2D eigenvalue weighted by molar-refractivity contribution is 5.93. The molecule has 0 saturated carbocycles. The van der Waals surface area contributed by atoms with Crippen LogP contribution in [0, 0.1) is 6.92 Å². The number of likely N-dealkylation sites (N-methyl/N-ethyl adjacent to an activating group) is 1. The third-order valence-corrected chi connectivity index (χ3v) is 1.79. The first-order chi connectivity index (χ1) is 7.17. The molecule has 1 heterocycles. The molecule has 1 aromatic rings. The standard InChI is InChI=1S/C10H15N3O2/c1-7-4-8(10(15-3)12-5-7)13-9(14)6-11-2/h4-5,11H,6H2,1-3H3,(H,13,14). The maximum atomic E-state index is 11.3. The van der Waals surface area contributed by atoms with Gasteiger partial charge in [0.25, 0.3) is 0 Å². The van der Waals surface area contributed by atoms with Crippen LogP contribution in [0.15, 0.2) is 12.3 Å². The molecular formula is C10H15N3O2. The molecule has 1 rings (SSSR count). The minimum absolute atomic E-state index is 0.122. The Morgan fingerprint density at radius 1 is 1.60 bits per heavy atom. The van der Waals surface area contributed by atoms with E-state index in [-0.39, 0.29) is 12.5 Å². The molecule has 0 radical (unpaired) electrons. The molecule has 0 saturated heterocycles. The fourth-order valence-corrected chi connectivity index (χ4v) is 1.16. The van der Waals surface area contributed by atoms with Gasteiger partial charge in [-0.15, -0.1) is 0 Å². The molecule has 0 aromatic carbocycles. The number of nitrogens with one attached hydrogen (secondary N) is 2. The summed E-state index contributed by atoms with van der Waals surface area (Å²) in [5.41, 5.74) is 1.56. The van der Waals surface area contributed by atoms with E-state index in [1.54, 1.807) is 13.2 Å². The normalized spacial score (nSPS) is 9.80. The SMILES string of the molecule is CNCC(=O)Nc1cc(C)cnc1OC. The number of methoxy groups -OCH3 is 1. The van der Waals surface area contributed by atoms with Gasteiger partial charge in [0.2, 0.25) is 11.8 Å². The Morgan fingerprint density at radius 3 is 2.93 bits per heavy atom. The highest BCUT2D eigenvalue weighted by atomic mass is 16.5. The van der Waals surface area contributed by atoms with Crippen molar-refractivity contribution in [3.05, 3.63) is 17.8 Å². The van der Waals surface area contributed by atoms with Crippen molar-refractivity contribution in [2.24, 2.45) is 0 Å². The van der Waals surface area contributed by atoms with E-state index in [0.717, 1.165) is 5.56 Å². The lowest BCUT2D eigenvalue weighted by Gasteiger charge is -2.09. The molecule has 0 aliphatic rings. The van der Waals surface area contributed by atoms with E-state index in [0.29, 0.717) is 11.6 Å². The second-order valence-electron chi connectivity index (χ2n) is 3.15. The minimum atomic E-state index is -0.122. The first-order valence-electron chi connectivity index (χ1n) is 4.62. The lowest BCUT2D eigenvalue weighted by Crippen LogP contribution is -2.25. The van der Waals surface area contributed by atoms with E-state index in [1.165, 1.54) is 7.11 Å².